The van der Waals surface area contributed by atoms with Gasteiger partial charge in [0.15, 0.2) is 0 Å². The van der Waals surface area contributed by atoms with Gasteiger partial charge in [0.25, 0.3) is 11.8 Å². The van der Waals surface area contributed by atoms with Crippen molar-refractivity contribution >= 4 is 35.1 Å². The first-order valence-corrected chi connectivity index (χ1v) is 9.11. The first kappa shape index (κ1) is 18.5. The fourth-order valence-electron chi connectivity index (χ4n) is 3.56. The van der Waals surface area contributed by atoms with Crippen molar-refractivity contribution in [2.75, 3.05) is 18.6 Å². The monoisotopic (exact) mass is 376 g/mol. The van der Waals surface area contributed by atoms with E-state index in [1.54, 1.807) is 12.1 Å². The number of anilines is 1. The normalized spacial score (nSPS) is 20.8. The van der Waals surface area contributed by atoms with Crippen LogP contribution in [0.5, 0.6) is 0 Å². The van der Waals surface area contributed by atoms with E-state index >= 15 is 0 Å². The SMILES string of the molecule is CCC1CCCCN1C1=C(Cl)C(=O)N(c2ccc(C(=O)OC)cc2)C1=O. The Hall–Kier alpha value is -2.34. The van der Waals surface area contributed by atoms with Gasteiger partial charge in [0, 0.05) is 12.6 Å². The molecule has 7 heteroatoms. The van der Waals surface area contributed by atoms with Crippen LogP contribution in [0.1, 0.15) is 43.0 Å². The molecule has 0 bridgehead atoms. The maximum atomic E-state index is 13.0. The van der Waals surface area contributed by atoms with Crippen LogP contribution >= 0.6 is 11.6 Å². The molecule has 0 radical (unpaired) electrons. The Bertz CT molecular complexity index is 772. The summed E-state index contributed by atoms with van der Waals surface area (Å²) < 4.78 is 4.66. The summed E-state index contributed by atoms with van der Waals surface area (Å²) >= 11 is 6.28. The second kappa shape index (κ2) is 7.50. The number of methoxy groups -OCH3 is 1. The Labute approximate surface area is 157 Å². The molecule has 1 unspecified atom stereocenters. The average molecular weight is 377 g/mol. The number of hydrogen-bond acceptors (Lipinski definition) is 5. The van der Waals surface area contributed by atoms with Crippen LogP contribution in [-0.4, -0.2) is 42.4 Å². The van der Waals surface area contributed by atoms with Gasteiger partial charge in [-0.3, -0.25) is 9.59 Å². The predicted molar refractivity (Wildman–Crippen MR) is 97.8 cm³/mol. The van der Waals surface area contributed by atoms with Crippen molar-refractivity contribution in [3.63, 3.8) is 0 Å². The lowest BCUT2D eigenvalue weighted by molar-refractivity contribution is -0.121. The van der Waals surface area contributed by atoms with E-state index in [2.05, 4.69) is 11.7 Å². The number of esters is 1. The zero-order valence-corrected chi connectivity index (χ0v) is 15.6. The van der Waals surface area contributed by atoms with E-state index in [9.17, 15) is 14.4 Å². The molecule has 1 aromatic carbocycles. The lowest BCUT2D eigenvalue weighted by atomic mass is 9.99. The van der Waals surface area contributed by atoms with E-state index in [0.717, 1.165) is 37.1 Å². The molecule has 0 aliphatic carbocycles. The molecule has 0 saturated carbocycles. The molecule has 2 amide bonds. The molecule has 1 fully saturated rings. The number of likely N-dealkylation sites (tertiary alicyclic amines) is 1. The van der Waals surface area contributed by atoms with Crippen LogP contribution in [0, 0.1) is 0 Å². The van der Waals surface area contributed by atoms with Crippen LogP contribution in [0.25, 0.3) is 0 Å². The second-order valence-corrected chi connectivity index (χ2v) is 6.78. The molecular formula is C19H21ClN2O4. The average Bonchev–Trinajstić information content (AvgIpc) is 2.90. The van der Waals surface area contributed by atoms with Gasteiger partial charge in [0.2, 0.25) is 0 Å². The van der Waals surface area contributed by atoms with Crippen molar-refractivity contribution in [3.8, 4) is 0 Å². The van der Waals surface area contributed by atoms with Crippen LogP contribution in [0.15, 0.2) is 35.0 Å². The van der Waals surface area contributed by atoms with Crippen molar-refractivity contribution in [2.45, 2.75) is 38.6 Å². The number of nitrogens with zero attached hydrogens (tertiary/aromatic N) is 2. The highest BCUT2D eigenvalue weighted by Gasteiger charge is 2.43. The molecular weight excluding hydrogens is 356 g/mol. The van der Waals surface area contributed by atoms with Crippen molar-refractivity contribution in [3.05, 3.63) is 40.6 Å². The number of carbonyl (C=O) groups excluding carboxylic acids is 3. The summed E-state index contributed by atoms with van der Waals surface area (Å²) in [4.78, 5) is 40.2. The summed E-state index contributed by atoms with van der Waals surface area (Å²) in [7, 11) is 1.29. The standard InChI is InChI=1S/C19H21ClN2O4/c1-3-13-6-4-5-11-21(13)16-15(20)17(23)22(18(16)24)14-9-7-12(8-10-14)19(25)26-2/h7-10,13H,3-6,11H2,1-2H3. The molecule has 1 atom stereocenters. The molecule has 26 heavy (non-hydrogen) atoms. The smallest absolute Gasteiger partial charge is 0.337 e. The van der Waals surface area contributed by atoms with Crippen LogP contribution in [0.2, 0.25) is 0 Å². The Morgan fingerprint density at radius 2 is 1.88 bits per heavy atom. The van der Waals surface area contributed by atoms with Gasteiger partial charge in [-0.25, -0.2) is 9.69 Å². The number of benzene rings is 1. The van der Waals surface area contributed by atoms with E-state index in [-0.39, 0.29) is 11.1 Å². The van der Waals surface area contributed by atoms with Crippen LogP contribution in [0.4, 0.5) is 5.69 Å². The molecule has 2 heterocycles. The second-order valence-electron chi connectivity index (χ2n) is 6.40. The molecule has 0 aromatic heterocycles. The summed E-state index contributed by atoms with van der Waals surface area (Å²) in [5.41, 5.74) is 1.02. The highest BCUT2D eigenvalue weighted by atomic mass is 35.5. The maximum Gasteiger partial charge on any atom is 0.337 e. The van der Waals surface area contributed by atoms with Gasteiger partial charge < -0.3 is 9.64 Å². The number of carbonyl (C=O) groups is 3. The largest absolute Gasteiger partial charge is 0.465 e. The first-order chi connectivity index (χ1) is 12.5. The summed E-state index contributed by atoms with van der Waals surface area (Å²) in [6.07, 6.45) is 3.96. The van der Waals surface area contributed by atoms with E-state index in [1.165, 1.54) is 19.2 Å². The van der Waals surface area contributed by atoms with Gasteiger partial charge in [-0.15, -0.1) is 0 Å². The van der Waals surface area contributed by atoms with E-state index < -0.39 is 17.8 Å². The predicted octanol–water partition coefficient (Wildman–Crippen LogP) is 3.06. The Kier molecular flexibility index (Phi) is 5.32. The third kappa shape index (κ3) is 3.09. The minimum Gasteiger partial charge on any atom is -0.465 e. The fourth-order valence-corrected chi connectivity index (χ4v) is 3.83. The summed E-state index contributed by atoms with van der Waals surface area (Å²) in [5, 5.41) is -0.0348. The Morgan fingerprint density at radius 3 is 2.50 bits per heavy atom. The van der Waals surface area contributed by atoms with Crippen molar-refractivity contribution < 1.29 is 19.1 Å². The Morgan fingerprint density at radius 1 is 1.19 bits per heavy atom. The van der Waals surface area contributed by atoms with Crippen molar-refractivity contribution in [2.24, 2.45) is 0 Å². The highest BCUT2D eigenvalue weighted by molar-refractivity contribution is 6.52. The van der Waals surface area contributed by atoms with E-state index in [1.807, 2.05) is 4.90 Å². The summed E-state index contributed by atoms with van der Waals surface area (Å²) in [5.74, 6) is -1.42. The van der Waals surface area contributed by atoms with Gasteiger partial charge in [-0.05, 0) is 49.9 Å². The number of halogens is 1. The first-order valence-electron chi connectivity index (χ1n) is 8.73. The van der Waals surface area contributed by atoms with Crippen molar-refractivity contribution in [1.29, 1.82) is 0 Å². The minimum absolute atomic E-state index is 0.0348. The molecule has 6 nitrogen and oxygen atoms in total. The topological polar surface area (TPSA) is 66.9 Å². The number of piperidine rings is 1. The lowest BCUT2D eigenvalue weighted by Gasteiger charge is -2.37. The third-order valence-corrected chi connectivity index (χ3v) is 5.28. The zero-order valence-electron chi connectivity index (χ0n) is 14.8. The van der Waals surface area contributed by atoms with Gasteiger partial charge in [-0.2, -0.15) is 0 Å². The van der Waals surface area contributed by atoms with Gasteiger partial charge in [-0.1, -0.05) is 18.5 Å². The highest BCUT2D eigenvalue weighted by Crippen LogP contribution is 2.35. The molecule has 0 N–H and O–H groups in total. The van der Waals surface area contributed by atoms with E-state index in [0.29, 0.717) is 16.9 Å². The van der Waals surface area contributed by atoms with Gasteiger partial charge in [0.1, 0.15) is 10.7 Å². The lowest BCUT2D eigenvalue weighted by Crippen LogP contribution is -2.42. The number of rotatable bonds is 4. The third-order valence-electron chi connectivity index (χ3n) is 4.94. The van der Waals surface area contributed by atoms with Crippen LogP contribution in [0.3, 0.4) is 0 Å². The summed E-state index contributed by atoms with van der Waals surface area (Å²) in [6.45, 7) is 2.79. The van der Waals surface area contributed by atoms with E-state index in [4.69, 9.17) is 11.6 Å². The van der Waals surface area contributed by atoms with Crippen molar-refractivity contribution in [1.82, 2.24) is 4.90 Å². The number of hydrogen-bond donors (Lipinski definition) is 0. The maximum absolute atomic E-state index is 13.0. The molecule has 1 saturated heterocycles. The molecule has 2 aliphatic heterocycles. The fraction of sp³-hybridized carbons (Fsp3) is 0.421. The zero-order chi connectivity index (χ0) is 18.8. The molecule has 1 aromatic rings. The molecule has 3 rings (SSSR count). The minimum atomic E-state index is -0.530. The number of amides is 2. The van der Waals surface area contributed by atoms with Gasteiger partial charge in [0.05, 0.1) is 18.4 Å². The Balaban J connectivity index is 1.89. The summed E-state index contributed by atoms with van der Waals surface area (Å²) in [6, 6.07) is 6.34. The number of imide groups is 1. The number of ether oxygens (including phenoxy) is 1. The molecule has 0 spiro atoms. The van der Waals surface area contributed by atoms with Crippen LogP contribution in [-0.2, 0) is 14.3 Å². The molecule has 138 valence electrons. The van der Waals surface area contributed by atoms with Crippen LogP contribution < -0.4 is 4.90 Å². The quantitative estimate of drug-likeness (QED) is 0.596. The van der Waals surface area contributed by atoms with Gasteiger partial charge >= 0.3 is 5.97 Å². The molecule has 2 aliphatic rings.